The van der Waals surface area contributed by atoms with Crippen molar-refractivity contribution in [3.63, 3.8) is 0 Å². The van der Waals surface area contributed by atoms with E-state index in [1.165, 1.54) is 5.56 Å². The van der Waals surface area contributed by atoms with Crippen LogP contribution >= 0.6 is 0 Å². The number of hydrogen-bond donors (Lipinski definition) is 1. The maximum atomic E-state index is 10.1. The van der Waals surface area contributed by atoms with E-state index in [-0.39, 0.29) is 6.10 Å². The van der Waals surface area contributed by atoms with Gasteiger partial charge in [-0.2, -0.15) is 0 Å². The number of benzene rings is 1. The lowest BCUT2D eigenvalue weighted by atomic mass is 9.79. The smallest absolute Gasteiger partial charge is 0.0598 e. The molecule has 88 valence electrons. The lowest BCUT2D eigenvalue weighted by Crippen LogP contribution is -2.52. The Bertz CT molecular complexity index is 325. The van der Waals surface area contributed by atoms with E-state index in [4.69, 9.17) is 0 Å². The number of nitrogens with zero attached hydrogens (tertiary/aromatic N) is 1. The van der Waals surface area contributed by atoms with E-state index in [0.29, 0.717) is 12.0 Å². The SMILES string of the molecule is CCC[C@@H](O)[C@@H]1CN(C)[C@H]1c1ccccc1. The quantitative estimate of drug-likeness (QED) is 0.841. The normalized spacial score (nSPS) is 27.4. The fourth-order valence-corrected chi connectivity index (χ4v) is 2.73. The summed E-state index contributed by atoms with van der Waals surface area (Å²) in [6.45, 7) is 3.14. The Kier molecular flexibility index (Phi) is 3.62. The van der Waals surface area contributed by atoms with Gasteiger partial charge < -0.3 is 5.11 Å². The molecular formula is C14H21NO. The van der Waals surface area contributed by atoms with Crippen molar-refractivity contribution in [3.05, 3.63) is 35.9 Å². The first-order valence-electron chi connectivity index (χ1n) is 6.17. The van der Waals surface area contributed by atoms with Gasteiger partial charge in [-0.05, 0) is 19.0 Å². The molecule has 16 heavy (non-hydrogen) atoms. The van der Waals surface area contributed by atoms with Crippen molar-refractivity contribution in [2.75, 3.05) is 13.6 Å². The molecule has 0 unspecified atom stereocenters. The molecule has 2 nitrogen and oxygen atoms in total. The molecule has 2 heteroatoms. The molecule has 0 radical (unpaired) electrons. The first-order valence-corrected chi connectivity index (χ1v) is 6.17. The Hall–Kier alpha value is -0.860. The van der Waals surface area contributed by atoms with Crippen LogP contribution in [0.25, 0.3) is 0 Å². The summed E-state index contributed by atoms with van der Waals surface area (Å²) in [6, 6.07) is 10.9. The predicted octanol–water partition coefficient (Wildman–Crippen LogP) is 2.45. The number of aliphatic hydroxyl groups excluding tert-OH is 1. The van der Waals surface area contributed by atoms with Gasteiger partial charge in [0, 0.05) is 18.5 Å². The molecule has 2 rings (SSSR count). The highest BCUT2D eigenvalue weighted by atomic mass is 16.3. The first-order chi connectivity index (χ1) is 7.74. The fourth-order valence-electron chi connectivity index (χ4n) is 2.73. The van der Waals surface area contributed by atoms with Crippen molar-refractivity contribution in [1.82, 2.24) is 4.90 Å². The van der Waals surface area contributed by atoms with E-state index >= 15 is 0 Å². The van der Waals surface area contributed by atoms with Crippen molar-refractivity contribution < 1.29 is 5.11 Å². The Morgan fingerprint density at radius 3 is 2.62 bits per heavy atom. The third-order valence-electron chi connectivity index (χ3n) is 3.60. The van der Waals surface area contributed by atoms with Gasteiger partial charge in [0.2, 0.25) is 0 Å². The summed E-state index contributed by atoms with van der Waals surface area (Å²) in [6.07, 6.45) is 1.83. The highest BCUT2D eigenvalue weighted by molar-refractivity contribution is 5.22. The molecule has 0 aliphatic carbocycles. The molecule has 1 aliphatic heterocycles. The molecule has 0 bridgehead atoms. The molecule has 1 heterocycles. The van der Waals surface area contributed by atoms with Crippen molar-refractivity contribution in [2.45, 2.75) is 31.9 Å². The molecule has 1 aromatic rings. The summed E-state index contributed by atoms with van der Waals surface area (Å²) in [5.41, 5.74) is 1.33. The van der Waals surface area contributed by atoms with Gasteiger partial charge in [0.15, 0.2) is 0 Å². The molecule has 1 fully saturated rings. The molecule has 0 amide bonds. The van der Waals surface area contributed by atoms with Gasteiger partial charge in [-0.15, -0.1) is 0 Å². The zero-order chi connectivity index (χ0) is 11.5. The summed E-state index contributed by atoms with van der Waals surface area (Å²) in [5, 5.41) is 10.1. The van der Waals surface area contributed by atoms with Crippen LogP contribution in [0.1, 0.15) is 31.4 Å². The third kappa shape index (κ3) is 2.13. The number of rotatable bonds is 4. The minimum absolute atomic E-state index is 0.147. The van der Waals surface area contributed by atoms with Crippen LogP contribution in [-0.2, 0) is 0 Å². The minimum atomic E-state index is -0.147. The van der Waals surface area contributed by atoms with Crippen LogP contribution in [0.4, 0.5) is 0 Å². The van der Waals surface area contributed by atoms with Gasteiger partial charge in [-0.1, -0.05) is 43.7 Å². The summed E-state index contributed by atoms with van der Waals surface area (Å²) in [4.78, 5) is 2.32. The molecule has 1 N–H and O–H groups in total. The van der Waals surface area contributed by atoms with E-state index in [1.807, 2.05) is 6.07 Å². The Morgan fingerprint density at radius 2 is 2.06 bits per heavy atom. The number of likely N-dealkylation sites (tertiary alicyclic amines) is 1. The number of hydrogen-bond acceptors (Lipinski definition) is 2. The second-order valence-electron chi connectivity index (χ2n) is 4.81. The lowest BCUT2D eigenvalue weighted by molar-refractivity contribution is -0.0500. The zero-order valence-electron chi connectivity index (χ0n) is 10.1. The van der Waals surface area contributed by atoms with Crippen molar-refractivity contribution in [1.29, 1.82) is 0 Å². The maximum Gasteiger partial charge on any atom is 0.0598 e. The molecule has 1 aliphatic rings. The molecule has 0 aromatic heterocycles. The average Bonchev–Trinajstić information content (AvgIpc) is 2.27. The van der Waals surface area contributed by atoms with Crippen LogP contribution in [0.2, 0.25) is 0 Å². The Morgan fingerprint density at radius 1 is 1.38 bits per heavy atom. The van der Waals surface area contributed by atoms with Crippen LogP contribution in [0.15, 0.2) is 30.3 Å². The van der Waals surface area contributed by atoms with Crippen LogP contribution < -0.4 is 0 Å². The van der Waals surface area contributed by atoms with E-state index in [2.05, 4.69) is 43.1 Å². The van der Waals surface area contributed by atoms with E-state index in [9.17, 15) is 5.11 Å². The molecule has 0 spiro atoms. The Balaban J connectivity index is 2.08. The molecule has 1 aromatic carbocycles. The van der Waals surface area contributed by atoms with E-state index < -0.39 is 0 Å². The van der Waals surface area contributed by atoms with Crippen LogP contribution in [0.5, 0.6) is 0 Å². The van der Waals surface area contributed by atoms with E-state index in [0.717, 1.165) is 19.4 Å². The molecule has 1 saturated heterocycles. The third-order valence-corrected chi connectivity index (χ3v) is 3.60. The minimum Gasteiger partial charge on any atom is -0.393 e. The van der Waals surface area contributed by atoms with Crippen molar-refractivity contribution >= 4 is 0 Å². The Labute approximate surface area is 97.9 Å². The monoisotopic (exact) mass is 219 g/mol. The summed E-state index contributed by atoms with van der Waals surface area (Å²) < 4.78 is 0. The lowest BCUT2D eigenvalue weighted by Gasteiger charge is -2.48. The van der Waals surface area contributed by atoms with Gasteiger partial charge >= 0.3 is 0 Å². The first kappa shape index (κ1) is 11.6. The highest BCUT2D eigenvalue weighted by Gasteiger charge is 2.40. The second kappa shape index (κ2) is 4.98. The van der Waals surface area contributed by atoms with Crippen LogP contribution in [0.3, 0.4) is 0 Å². The summed E-state index contributed by atoms with van der Waals surface area (Å²) in [5.74, 6) is 0.410. The van der Waals surface area contributed by atoms with Crippen molar-refractivity contribution in [2.24, 2.45) is 5.92 Å². The fraction of sp³-hybridized carbons (Fsp3) is 0.571. The van der Waals surface area contributed by atoms with Gasteiger partial charge in [-0.25, -0.2) is 0 Å². The van der Waals surface area contributed by atoms with E-state index in [1.54, 1.807) is 0 Å². The molecular weight excluding hydrogens is 198 g/mol. The van der Waals surface area contributed by atoms with Crippen molar-refractivity contribution in [3.8, 4) is 0 Å². The zero-order valence-corrected chi connectivity index (χ0v) is 10.1. The summed E-state index contributed by atoms with van der Waals surface area (Å²) >= 11 is 0. The standard InChI is InChI=1S/C14H21NO/c1-3-7-13(16)12-10-15(2)14(12)11-8-5-4-6-9-11/h4-6,8-9,12-14,16H,3,7,10H2,1-2H3/t12-,13+,14-/m0/s1. The summed E-state index contributed by atoms with van der Waals surface area (Å²) in [7, 11) is 2.13. The van der Waals surface area contributed by atoms with Gasteiger partial charge in [0.05, 0.1) is 6.10 Å². The second-order valence-corrected chi connectivity index (χ2v) is 4.81. The highest BCUT2D eigenvalue weighted by Crippen LogP contribution is 2.40. The molecule has 3 atom stereocenters. The maximum absolute atomic E-state index is 10.1. The van der Waals surface area contributed by atoms with Crippen LogP contribution in [0, 0.1) is 5.92 Å². The predicted molar refractivity (Wildman–Crippen MR) is 66.2 cm³/mol. The largest absolute Gasteiger partial charge is 0.393 e. The molecule has 0 saturated carbocycles. The van der Waals surface area contributed by atoms with Gasteiger partial charge in [-0.3, -0.25) is 4.90 Å². The van der Waals surface area contributed by atoms with Gasteiger partial charge in [0.25, 0.3) is 0 Å². The topological polar surface area (TPSA) is 23.5 Å². The van der Waals surface area contributed by atoms with Gasteiger partial charge in [0.1, 0.15) is 0 Å². The van der Waals surface area contributed by atoms with Crippen LogP contribution in [-0.4, -0.2) is 29.7 Å². The average molecular weight is 219 g/mol. The number of aliphatic hydroxyl groups is 1.